The summed E-state index contributed by atoms with van der Waals surface area (Å²) in [5.74, 6) is 0.703. The highest BCUT2D eigenvalue weighted by Crippen LogP contribution is 2.27. The SMILES string of the molecule is CCNC(=NCC(=O)NCCc1ccccc1)NC1CCC(SC)C1. The lowest BCUT2D eigenvalue weighted by atomic mass is 10.1. The summed E-state index contributed by atoms with van der Waals surface area (Å²) in [6.07, 6.45) is 6.59. The van der Waals surface area contributed by atoms with Gasteiger partial charge >= 0.3 is 0 Å². The Morgan fingerprint density at radius 2 is 2.04 bits per heavy atom. The molecule has 5 nitrogen and oxygen atoms in total. The number of thioether (sulfide) groups is 1. The molecule has 138 valence electrons. The Labute approximate surface area is 155 Å². The predicted molar refractivity (Wildman–Crippen MR) is 107 cm³/mol. The minimum Gasteiger partial charge on any atom is -0.357 e. The predicted octanol–water partition coefficient (Wildman–Crippen LogP) is 2.18. The number of aliphatic imine (C=N–C) groups is 1. The lowest BCUT2D eigenvalue weighted by molar-refractivity contribution is -0.119. The molecular weight excluding hydrogens is 332 g/mol. The van der Waals surface area contributed by atoms with Crippen LogP contribution in [0.25, 0.3) is 0 Å². The van der Waals surface area contributed by atoms with Crippen molar-refractivity contribution in [2.75, 3.05) is 25.9 Å². The summed E-state index contributed by atoms with van der Waals surface area (Å²) in [4.78, 5) is 16.4. The van der Waals surface area contributed by atoms with E-state index in [1.807, 2.05) is 36.9 Å². The van der Waals surface area contributed by atoms with Crippen LogP contribution in [0.4, 0.5) is 0 Å². The normalized spacial score (nSPS) is 20.3. The highest BCUT2D eigenvalue weighted by atomic mass is 32.2. The molecule has 1 amide bonds. The summed E-state index contributed by atoms with van der Waals surface area (Å²) < 4.78 is 0. The summed E-state index contributed by atoms with van der Waals surface area (Å²) in [5, 5.41) is 10.4. The molecule has 0 radical (unpaired) electrons. The van der Waals surface area contributed by atoms with Gasteiger partial charge in [-0.2, -0.15) is 11.8 Å². The molecule has 2 rings (SSSR count). The van der Waals surface area contributed by atoms with Crippen LogP contribution in [0.3, 0.4) is 0 Å². The zero-order valence-corrected chi connectivity index (χ0v) is 16.1. The van der Waals surface area contributed by atoms with Crippen molar-refractivity contribution >= 4 is 23.6 Å². The first-order valence-corrected chi connectivity index (χ1v) is 10.4. The number of carbonyl (C=O) groups is 1. The maximum atomic E-state index is 12.0. The van der Waals surface area contributed by atoms with Gasteiger partial charge in [0.05, 0.1) is 0 Å². The van der Waals surface area contributed by atoms with E-state index in [0.29, 0.717) is 12.6 Å². The molecule has 3 N–H and O–H groups in total. The Balaban J connectivity index is 1.72. The van der Waals surface area contributed by atoms with Crippen LogP contribution in [0.2, 0.25) is 0 Å². The molecule has 1 saturated carbocycles. The van der Waals surface area contributed by atoms with Crippen molar-refractivity contribution in [1.29, 1.82) is 0 Å². The summed E-state index contributed by atoms with van der Waals surface area (Å²) in [6, 6.07) is 10.6. The number of hydrogen-bond donors (Lipinski definition) is 3. The fourth-order valence-corrected chi connectivity index (χ4v) is 3.79. The van der Waals surface area contributed by atoms with Gasteiger partial charge < -0.3 is 16.0 Å². The largest absolute Gasteiger partial charge is 0.357 e. The zero-order valence-electron chi connectivity index (χ0n) is 15.3. The third-order valence-corrected chi connectivity index (χ3v) is 5.46. The zero-order chi connectivity index (χ0) is 17.9. The van der Waals surface area contributed by atoms with Gasteiger partial charge in [-0.15, -0.1) is 0 Å². The monoisotopic (exact) mass is 362 g/mol. The first-order valence-electron chi connectivity index (χ1n) is 9.09. The molecule has 1 aliphatic carbocycles. The van der Waals surface area contributed by atoms with Gasteiger partial charge in [-0.05, 0) is 44.4 Å². The molecule has 0 aliphatic heterocycles. The molecule has 1 aliphatic rings. The van der Waals surface area contributed by atoms with Gasteiger partial charge in [-0.3, -0.25) is 4.79 Å². The van der Waals surface area contributed by atoms with Gasteiger partial charge in [-0.25, -0.2) is 4.99 Å². The van der Waals surface area contributed by atoms with E-state index in [9.17, 15) is 4.79 Å². The molecule has 2 unspecified atom stereocenters. The number of nitrogens with one attached hydrogen (secondary N) is 3. The number of nitrogens with zero attached hydrogens (tertiary/aromatic N) is 1. The van der Waals surface area contributed by atoms with Crippen molar-refractivity contribution in [3.8, 4) is 0 Å². The summed E-state index contributed by atoms with van der Waals surface area (Å²) in [6.45, 7) is 3.62. The second kappa shape index (κ2) is 11.0. The standard InChI is InChI=1S/C19H30N4OS/c1-3-20-19(23-16-9-10-17(13-16)25-2)22-14-18(24)21-12-11-15-7-5-4-6-8-15/h4-8,16-17H,3,9-14H2,1-2H3,(H,21,24)(H2,20,22,23). The Hall–Kier alpha value is -1.69. The Bertz CT molecular complexity index is 550. The van der Waals surface area contributed by atoms with Crippen molar-refractivity contribution in [1.82, 2.24) is 16.0 Å². The van der Waals surface area contributed by atoms with Crippen LogP contribution in [0, 0.1) is 0 Å². The molecule has 2 atom stereocenters. The first-order chi connectivity index (χ1) is 12.2. The molecule has 0 heterocycles. The quantitative estimate of drug-likeness (QED) is 0.490. The van der Waals surface area contributed by atoms with Crippen LogP contribution in [-0.2, 0) is 11.2 Å². The number of rotatable bonds is 8. The summed E-state index contributed by atoms with van der Waals surface area (Å²) >= 11 is 1.94. The maximum Gasteiger partial charge on any atom is 0.241 e. The first kappa shape index (κ1) is 19.6. The molecule has 1 aromatic carbocycles. The number of guanidine groups is 1. The topological polar surface area (TPSA) is 65.5 Å². The lowest BCUT2D eigenvalue weighted by Crippen LogP contribution is -2.43. The van der Waals surface area contributed by atoms with E-state index in [0.717, 1.165) is 30.6 Å². The Morgan fingerprint density at radius 3 is 2.72 bits per heavy atom. The number of benzene rings is 1. The molecular formula is C19H30N4OS. The maximum absolute atomic E-state index is 12.0. The average molecular weight is 363 g/mol. The number of hydrogen-bond acceptors (Lipinski definition) is 3. The van der Waals surface area contributed by atoms with Crippen LogP contribution < -0.4 is 16.0 Å². The fraction of sp³-hybridized carbons (Fsp3) is 0.579. The third-order valence-electron chi connectivity index (χ3n) is 4.36. The second-order valence-corrected chi connectivity index (χ2v) is 7.43. The van der Waals surface area contributed by atoms with Crippen LogP contribution in [0.5, 0.6) is 0 Å². The van der Waals surface area contributed by atoms with Crippen LogP contribution in [0.1, 0.15) is 31.7 Å². The fourth-order valence-electron chi connectivity index (χ4n) is 3.00. The Kier molecular flexibility index (Phi) is 8.66. The molecule has 6 heteroatoms. The molecule has 1 aromatic rings. The average Bonchev–Trinajstić information content (AvgIpc) is 3.08. The van der Waals surface area contributed by atoms with E-state index in [4.69, 9.17) is 0 Å². The lowest BCUT2D eigenvalue weighted by Gasteiger charge is -2.17. The van der Waals surface area contributed by atoms with E-state index in [1.165, 1.54) is 18.4 Å². The van der Waals surface area contributed by atoms with Crippen molar-refractivity contribution < 1.29 is 4.79 Å². The molecule has 0 aromatic heterocycles. The van der Waals surface area contributed by atoms with Crippen molar-refractivity contribution in [3.63, 3.8) is 0 Å². The molecule has 0 spiro atoms. The second-order valence-electron chi connectivity index (χ2n) is 6.29. The summed E-state index contributed by atoms with van der Waals surface area (Å²) in [5.41, 5.74) is 1.23. The van der Waals surface area contributed by atoms with Crippen molar-refractivity contribution in [2.24, 2.45) is 4.99 Å². The van der Waals surface area contributed by atoms with Crippen LogP contribution >= 0.6 is 11.8 Å². The molecule has 0 bridgehead atoms. The van der Waals surface area contributed by atoms with E-state index >= 15 is 0 Å². The van der Waals surface area contributed by atoms with Gasteiger partial charge in [0, 0.05) is 24.4 Å². The van der Waals surface area contributed by atoms with Gasteiger partial charge in [0.1, 0.15) is 6.54 Å². The van der Waals surface area contributed by atoms with Gasteiger partial charge in [0.2, 0.25) is 5.91 Å². The third kappa shape index (κ3) is 7.38. The molecule has 25 heavy (non-hydrogen) atoms. The van der Waals surface area contributed by atoms with E-state index in [1.54, 1.807) is 0 Å². The van der Waals surface area contributed by atoms with Crippen molar-refractivity contribution in [2.45, 2.75) is 43.9 Å². The van der Waals surface area contributed by atoms with Crippen molar-refractivity contribution in [3.05, 3.63) is 35.9 Å². The van der Waals surface area contributed by atoms with Crippen LogP contribution in [-0.4, -0.2) is 49.0 Å². The highest BCUT2D eigenvalue weighted by Gasteiger charge is 2.24. The van der Waals surface area contributed by atoms with Crippen LogP contribution in [0.15, 0.2) is 35.3 Å². The molecule has 1 fully saturated rings. The smallest absolute Gasteiger partial charge is 0.241 e. The number of carbonyl (C=O) groups excluding carboxylic acids is 1. The highest BCUT2D eigenvalue weighted by molar-refractivity contribution is 7.99. The number of amides is 1. The van der Waals surface area contributed by atoms with Gasteiger partial charge in [-0.1, -0.05) is 30.3 Å². The van der Waals surface area contributed by atoms with Gasteiger partial charge in [0.15, 0.2) is 5.96 Å². The summed E-state index contributed by atoms with van der Waals surface area (Å²) in [7, 11) is 0. The minimum atomic E-state index is -0.0402. The molecule has 0 saturated heterocycles. The minimum absolute atomic E-state index is 0.0402. The van der Waals surface area contributed by atoms with Gasteiger partial charge in [0.25, 0.3) is 0 Å². The van der Waals surface area contributed by atoms with E-state index in [-0.39, 0.29) is 12.5 Å². The Morgan fingerprint density at radius 1 is 1.24 bits per heavy atom. The van der Waals surface area contributed by atoms with E-state index in [2.05, 4.69) is 39.3 Å². The van der Waals surface area contributed by atoms with E-state index < -0.39 is 0 Å².